The molecular formula is C14H21NO8. The predicted molar refractivity (Wildman–Crippen MR) is 75.5 cm³/mol. The van der Waals surface area contributed by atoms with Crippen LogP contribution in [-0.4, -0.2) is 62.9 Å². The maximum atomic E-state index is 11.0. The molecule has 1 heterocycles. The fourth-order valence-electron chi connectivity index (χ4n) is 2.34. The second kappa shape index (κ2) is 7.62. The van der Waals surface area contributed by atoms with Crippen molar-refractivity contribution in [2.24, 2.45) is 0 Å². The number of quaternary nitrogens is 1. The number of hydrogen-bond donors (Lipinski definition) is 6. The second-order valence-electron chi connectivity index (χ2n) is 5.45. The number of ether oxygens (including phenoxy) is 2. The molecule has 1 saturated heterocycles. The van der Waals surface area contributed by atoms with E-state index in [2.05, 4.69) is 0 Å². The van der Waals surface area contributed by atoms with Gasteiger partial charge in [0.25, 0.3) is 0 Å². The van der Waals surface area contributed by atoms with Gasteiger partial charge in [0.1, 0.15) is 24.4 Å². The highest BCUT2D eigenvalue weighted by atomic mass is 16.8. The molecule has 0 bridgehead atoms. The van der Waals surface area contributed by atoms with E-state index in [1.165, 1.54) is 12.1 Å². The van der Waals surface area contributed by atoms with Crippen molar-refractivity contribution in [3.05, 3.63) is 34.5 Å². The Labute approximate surface area is 132 Å². The van der Waals surface area contributed by atoms with Crippen molar-refractivity contribution in [1.82, 2.24) is 0 Å². The zero-order chi connectivity index (χ0) is 17.1. The first-order valence-corrected chi connectivity index (χ1v) is 7.10. The lowest BCUT2D eigenvalue weighted by atomic mass is 9.99. The Morgan fingerprint density at radius 1 is 1.22 bits per heavy atom. The summed E-state index contributed by atoms with van der Waals surface area (Å²) >= 11 is 0. The molecule has 0 aliphatic carbocycles. The molecule has 1 fully saturated rings. The number of nitrogens with one attached hydrogen (secondary N) is 1. The van der Waals surface area contributed by atoms with E-state index in [1.54, 1.807) is 13.0 Å². The van der Waals surface area contributed by atoms with Crippen LogP contribution in [0.15, 0.2) is 18.2 Å². The van der Waals surface area contributed by atoms with Crippen LogP contribution in [0.3, 0.4) is 0 Å². The van der Waals surface area contributed by atoms with Crippen LogP contribution in [0.25, 0.3) is 0 Å². The summed E-state index contributed by atoms with van der Waals surface area (Å²) in [5, 5.41) is 57.3. The average Bonchev–Trinajstić information content (AvgIpc) is 2.53. The van der Waals surface area contributed by atoms with E-state index in [0.717, 1.165) is 5.56 Å². The maximum Gasteiger partial charge on any atom is 0.187 e. The van der Waals surface area contributed by atoms with Gasteiger partial charge in [0.2, 0.25) is 0 Å². The SMILES string of the molecule is Cc1ccc([NH+]([O-])O)cc1COC1OC(CO)C(O)C(O)C1O. The van der Waals surface area contributed by atoms with Gasteiger partial charge in [0, 0.05) is 12.1 Å². The third kappa shape index (κ3) is 4.04. The van der Waals surface area contributed by atoms with E-state index in [9.17, 15) is 20.5 Å². The molecule has 0 radical (unpaired) electrons. The third-order valence-electron chi connectivity index (χ3n) is 3.85. The monoisotopic (exact) mass is 331 g/mol. The van der Waals surface area contributed by atoms with Gasteiger partial charge in [-0.3, -0.25) is 0 Å². The molecule has 0 aromatic heterocycles. The Balaban J connectivity index is 2.06. The Kier molecular flexibility index (Phi) is 6.03. The summed E-state index contributed by atoms with van der Waals surface area (Å²) in [4.78, 5) is 0. The molecule has 1 aliphatic heterocycles. The van der Waals surface area contributed by atoms with Crippen LogP contribution in [0.1, 0.15) is 11.1 Å². The minimum Gasteiger partial charge on any atom is -0.595 e. The quantitative estimate of drug-likeness (QED) is 0.331. The first kappa shape index (κ1) is 18.2. The number of aryl methyl sites for hydroxylation is 1. The Morgan fingerprint density at radius 2 is 1.91 bits per heavy atom. The minimum atomic E-state index is -1.52. The summed E-state index contributed by atoms with van der Waals surface area (Å²) in [6.07, 6.45) is -6.76. The zero-order valence-electron chi connectivity index (χ0n) is 12.5. The van der Waals surface area contributed by atoms with Crippen molar-refractivity contribution in [2.45, 2.75) is 44.2 Å². The summed E-state index contributed by atoms with van der Waals surface area (Å²) in [5.74, 6) is 0. The first-order valence-electron chi connectivity index (χ1n) is 7.10. The van der Waals surface area contributed by atoms with Gasteiger partial charge in [-0.15, -0.1) is 0 Å². The molecule has 6 unspecified atom stereocenters. The van der Waals surface area contributed by atoms with E-state index in [-0.39, 0.29) is 12.3 Å². The van der Waals surface area contributed by atoms with Gasteiger partial charge in [-0.05, 0) is 18.1 Å². The molecule has 23 heavy (non-hydrogen) atoms. The number of benzene rings is 1. The van der Waals surface area contributed by atoms with Crippen molar-refractivity contribution in [3.8, 4) is 0 Å². The standard InChI is InChI=1S/C14H21NO8/c1-7-2-3-9(15(20)21)4-8(7)6-22-14-13(19)12(18)11(17)10(5-16)23-14/h2-4,10-20H,5-6H2,1H3. The zero-order valence-corrected chi connectivity index (χ0v) is 12.5. The van der Waals surface area contributed by atoms with Crippen LogP contribution in [0.4, 0.5) is 5.69 Å². The summed E-state index contributed by atoms with van der Waals surface area (Å²) in [7, 11) is 0. The smallest absolute Gasteiger partial charge is 0.187 e. The van der Waals surface area contributed by atoms with Gasteiger partial charge in [-0.25, -0.2) is 5.21 Å². The average molecular weight is 331 g/mol. The molecular weight excluding hydrogens is 310 g/mol. The van der Waals surface area contributed by atoms with Gasteiger partial charge < -0.3 is 35.1 Å². The molecule has 6 N–H and O–H groups in total. The van der Waals surface area contributed by atoms with E-state index < -0.39 is 42.5 Å². The van der Waals surface area contributed by atoms with E-state index >= 15 is 0 Å². The van der Waals surface area contributed by atoms with Gasteiger partial charge >= 0.3 is 0 Å². The number of rotatable bonds is 5. The summed E-state index contributed by atoms with van der Waals surface area (Å²) in [6, 6.07) is 4.55. The van der Waals surface area contributed by atoms with Crippen LogP contribution < -0.4 is 5.23 Å². The lowest BCUT2D eigenvalue weighted by Gasteiger charge is -2.39. The van der Waals surface area contributed by atoms with Crippen molar-refractivity contribution in [1.29, 1.82) is 0 Å². The van der Waals surface area contributed by atoms with Crippen molar-refractivity contribution < 1.29 is 40.3 Å². The topological polar surface area (TPSA) is 147 Å². The lowest BCUT2D eigenvalue weighted by Crippen LogP contribution is -2.99. The second-order valence-corrected chi connectivity index (χ2v) is 5.45. The molecule has 130 valence electrons. The molecule has 0 amide bonds. The first-order chi connectivity index (χ1) is 10.8. The highest BCUT2D eigenvalue weighted by molar-refractivity contribution is 5.38. The molecule has 6 atom stereocenters. The van der Waals surface area contributed by atoms with Gasteiger partial charge in [-0.2, -0.15) is 5.23 Å². The Morgan fingerprint density at radius 3 is 2.52 bits per heavy atom. The Hall–Kier alpha value is -1.14. The molecule has 2 rings (SSSR count). The van der Waals surface area contributed by atoms with Crippen molar-refractivity contribution in [2.75, 3.05) is 6.61 Å². The van der Waals surface area contributed by atoms with Crippen LogP contribution in [0.5, 0.6) is 0 Å². The minimum absolute atomic E-state index is 0.0599. The highest BCUT2D eigenvalue weighted by Crippen LogP contribution is 2.23. The van der Waals surface area contributed by atoms with Crippen molar-refractivity contribution >= 4 is 5.69 Å². The Bertz CT molecular complexity index is 523. The molecule has 0 spiro atoms. The fraction of sp³-hybridized carbons (Fsp3) is 0.571. The summed E-state index contributed by atoms with van der Waals surface area (Å²) in [5.41, 5.74) is 1.48. The molecule has 1 aromatic carbocycles. The van der Waals surface area contributed by atoms with Crippen LogP contribution in [0, 0.1) is 12.1 Å². The number of hydrogen-bond acceptors (Lipinski definition) is 8. The van der Waals surface area contributed by atoms with Crippen LogP contribution >= 0.6 is 0 Å². The molecule has 1 aliphatic rings. The van der Waals surface area contributed by atoms with Gasteiger partial charge in [0.05, 0.1) is 13.2 Å². The van der Waals surface area contributed by atoms with E-state index in [0.29, 0.717) is 5.56 Å². The lowest BCUT2D eigenvalue weighted by molar-refractivity contribution is -0.991. The van der Waals surface area contributed by atoms with Gasteiger partial charge in [0.15, 0.2) is 12.0 Å². The van der Waals surface area contributed by atoms with Crippen LogP contribution in [-0.2, 0) is 16.1 Å². The van der Waals surface area contributed by atoms with E-state index in [4.69, 9.17) is 19.8 Å². The maximum absolute atomic E-state index is 11.0. The fourth-order valence-corrected chi connectivity index (χ4v) is 2.34. The number of aliphatic hydroxyl groups is 4. The molecule has 0 saturated carbocycles. The van der Waals surface area contributed by atoms with Crippen LogP contribution in [0.2, 0.25) is 0 Å². The number of aliphatic hydroxyl groups excluding tert-OH is 4. The predicted octanol–water partition coefficient (Wildman–Crippen LogP) is -2.29. The summed E-state index contributed by atoms with van der Waals surface area (Å²) < 4.78 is 10.6. The highest BCUT2D eigenvalue weighted by Gasteiger charge is 2.44. The van der Waals surface area contributed by atoms with Crippen molar-refractivity contribution in [3.63, 3.8) is 0 Å². The molecule has 1 aromatic rings. The molecule has 9 heteroatoms. The summed E-state index contributed by atoms with van der Waals surface area (Å²) in [6.45, 7) is 1.17. The van der Waals surface area contributed by atoms with Gasteiger partial charge in [-0.1, -0.05) is 6.07 Å². The third-order valence-corrected chi connectivity index (χ3v) is 3.85. The van der Waals surface area contributed by atoms with E-state index in [1.807, 2.05) is 0 Å². The largest absolute Gasteiger partial charge is 0.595 e. The normalized spacial score (nSPS) is 32.7. The molecule has 9 nitrogen and oxygen atoms in total.